The van der Waals surface area contributed by atoms with Crippen molar-refractivity contribution in [3.8, 4) is 0 Å². The molecule has 3 rings (SSSR count). The number of aliphatic hydroxyl groups is 1. The van der Waals surface area contributed by atoms with Gasteiger partial charge in [-0.1, -0.05) is 12.1 Å². The van der Waals surface area contributed by atoms with E-state index in [9.17, 15) is 18.3 Å². The number of hydrogen-bond acceptors (Lipinski definition) is 4. The monoisotopic (exact) mass is 435 g/mol. The fraction of sp³-hybridized carbons (Fsp3) is 0.455. The van der Waals surface area contributed by atoms with Gasteiger partial charge in [-0.05, 0) is 48.7 Å². The Bertz CT molecular complexity index is 842. The second-order valence-corrected chi connectivity index (χ2v) is 7.58. The molecule has 9 heteroatoms. The molecular formula is C22H28F3N5O. The lowest BCUT2D eigenvalue weighted by molar-refractivity contribution is -0.137. The smallest absolute Gasteiger partial charge is 0.386 e. The topological polar surface area (TPSA) is 72.8 Å². The first-order chi connectivity index (χ1) is 14.8. The number of hydrogen-bond donors (Lipinski definition) is 3. The average Bonchev–Trinajstić information content (AvgIpc) is 3.19. The minimum Gasteiger partial charge on any atom is -0.386 e. The van der Waals surface area contributed by atoms with Crippen LogP contribution in [0.5, 0.6) is 0 Å². The Morgan fingerprint density at radius 1 is 1.23 bits per heavy atom. The van der Waals surface area contributed by atoms with Crippen molar-refractivity contribution in [2.24, 2.45) is 4.99 Å². The van der Waals surface area contributed by atoms with Crippen LogP contribution in [0.1, 0.15) is 36.1 Å². The highest BCUT2D eigenvalue weighted by Gasteiger charge is 2.30. The van der Waals surface area contributed by atoms with Crippen LogP contribution in [0.2, 0.25) is 0 Å². The Morgan fingerprint density at radius 3 is 2.58 bits per heavy atom. The molecule has 168 valence electrons. The van der Waals surface area contributed by atoms with E-state index in [0.717, 1.165) is 42.8 Å². The van der Waals surface area contributed by atoms with Gasteiger partial charge >= 0.3 is 6.18 Å². The second-order valence-electron chi connectivity index (χ2n) is 7.58. The molecule has 0 saturated carbocycles. The first kappa shape index (κ1) is 23.0. The SMILES string of the molecule is CCNC(=NCC(O)c1ccncc1)NC1CCN(Cc2ccc(C(F)(F)F)cc2)C1. The number of halogens is 3. The largest absolute Gasteiger partial charge is 0.416 e. The van der Waals surface area contributed by atoms with E-state index in [1.165, 1.54) is 12.1 Å². The van der Waals surface area contributed by atoms with Crippen molar-refractivity contribution in [2.75, 3.05) is 26.2 Å². The molecule has 3 N–H and O–H groups in total. The van der Waals surface area contributed by atoms with Gasteiger partial charge in [0.15, 0.2) is 5.96 Å². The lowest BCUT2D eigenvalue weighted by Gasteiger charge is -2.19. The maximum absolute atomic E-state index is 12.7. The molecule has 2 aromatic rings. The van der Waals surface area contributed by atoms with Gasteiger partial charge in [0.2, 0.25) is 0 Å². The summed E-state index contributed by atoms with van der Waals surface area (Å²) in [7, 11) is 0. The maximum Gasteiger partial charge on any atom is 0.416 e. The van der Waals surface area contributed by atoms with E-state index in [4.69, 9.17) is 0 Å². The molecule has 0 amide bonds. The molecule has 1 aromatic heterocycles. The molecule has 2 atom stereocenters. The van der Waals surface area contributed by atoms with Crippen molar-refractivity contribution in [3.63, 3.8) is 0 Å². The van der Waals surface area contributed by atoms with Gasteiger partial charge in [0.1, 0.15) is 0 Å². The highest BCUT2D eigenvalue weighted by molar-refractivity contribution is 5.80. The zero-order valence-corrected chi connectivity index (χ0v) is 17.4. The number of aliphatic imine (C=N–C) groups is 1. The van der Waals surface area contributed by atoms with Gasteiger partial charge in [0.25, 0.3) is 0 Å². The normalized spacial score (nSPS) is 18.7. The lowest BCUT2D eigenvalue weighted by Crippen LogP contribution is -2.44. The van der Waals surface area contributed by atoms with Crippen LogP contribution in [0.3, 0.4) is 0 Å². The number of guanidine groups is 1. The summed E-state index contributed by atoms with van der Waals surface area (Å²) >= 11 is 0. The Balaban J connectivity index is 1.52. The number of nitrogens with zero attached hydrogens (tertiary/aromatic N) is 3. The summed E-state index contributed by atoms with van der Waals surface area (Å²) < 4.78 is 38.1. The first-order valence-corrected chi connectivity index (χ1v) is 10.4. The third-order valence-electron chi connectivity index (χ3n) is 5.16. The molecule has 0 radical (unpaired) electrons. The van der Waals surface area contributed by atoms with E-state index in [1.807, 2.05) is 6.92 Å². The summed E-state index contributed by atoms with van der Waals surface area (Å²) in [6.07, 6.45) is -0.852. The van der Waals surface area contributed by atoms with Gasteiger partial charge in [0.05, 0.1) is 18.2 Å². The third kappa shape index (κ3) is 6.93. The first-order valence-electron chi connectivity index (χ1n) is 10.4. The van der Waals surface area contributed by atoms with E-state index < -0.39 is 17.8 Å². The standard InChI is InChI=1S/C22H28F3N5O/c1-2-27-21(28-13-20(31)17-7-10-26-11-8-17)29-19-9-12-30(15-19)14-16-3-5-18(6-4-16)22(23,24)25/h3-8,10-11,19-20,31H,2,9,12-15H2,1H3,(H2,27,28,29). The van der Waals surface area contributed by atoms with E-state index in [-0.39, 0.29) is 12.6 Å². The van der Waals surface area contributed by atoms with Crippen molar-refractivity contribution in [1.82, 2.24) is 20.5 Å². The van der Waals surface area contributed by atoms with Crippen LogP contribution >= 0.6 is 0 Å². The number of alkyl halides is 3. The van der Waals surface area contributed by atoms with Crippen LogP contribution < -0.4 is 10.6 Å². The molecule has 1 aromatic carbocycles. The number of aliphatic hydroxyl groups excluding tert-OH is 1. The van der Waals surface area contributed by atoms with E-state index >= 15 is 0 Å². The molecule has 2 unspecified atom stereocenters. The van der Waals surface area contributed by atoms with Crippen molar-refractivity contribution in [1.29, 1.82) is 0 Å². The van der Waals surface area contributed by atoms with Gasteiger partial charge in [0, 0.05) is 44.6 Å². The molecule has 1 aliphatic rings. The quantitative estimate of drug-likeness (QED) is 0.461. The molecule has 0 aliphatic carbocycles. The third-order valence-corrected chi connectivity index (χ3v) is 5.16. The summed E-state index contributed by atoms with van der Waals surface area (Å²) in [5, 5.41) is 16.9. The predicted octanol–water partition coefficient (Wildman–Crippen LogP) is 2.96. The van der Waals surface area contributed by atoms with Crippen LogP contribution in [-0.4, -0.2) is 53.2 Å². The molecule has 0 bridgehead atoms. The van der Waals surface area contributed by atoms with Gasteiger partial charge in [-0.2, -0.15) is 13.2 Å². The van der Waals surface area contributed by atoms with Crippen molar-refractivity contribution in [2.45, 2.75) is 38.2 Å². The summed E-state index contributed by atoms with van der Waals surface area (Å²) in [5.74, 6) is 0.636. The maximum atomic E-state index is 12.7. The fourth-order valence-corrected chi connectivity index (χ4v) is 3.53. The molecule has 0 spiro atoms. The fourth-order valence-electron chi connectivity index (χ4n) is 3.53. The van der Waals surface area contributed by atoms with E-state index in [2.05, 4.69) is 25.5 Å². The molecule has 2 heterocycles. The Labute approximate surface area is 180 Å². The molecule has 1 aliphatic heterocycles. The summed E-state index contributed by atoms with van der Waals surface area (Å²) in [5.41, 5.74) is 0.991. The average molecular weight is 435 g/mol. The van der Waals surface area contributed by atoms with Gasteiger partial charge in [-0.3, -0.25) is 14.9 Å². The number of pyridine rings is 1. The van der Waals surface area contributed by atoms with Gasteiger partial charge < -0.3 is 15.7 Å². The Kier molecular flexibility index (Phi) is 7.86. The van der Waals surface area contributed by atoms with Crippen molar-refractivity contribution >= 4 is 5.96 Å². The lowest BCUT2D eigenvalue weighted by atomic mass is 10.1. The number of likely N-dealkylation sites (tertiary alicyclic amines) is 1. The minimum absolute atomic E-state index is 0.172. The Hall–Kier alpha value is -2.65. The van der Waals surface area contributed by atoms with E-state index in [1.54, 1.807) is 24.5 Å². The summed E-state index contributed by atoms with van der Waals surface area (Å²) in [4.78, 5) is 10.6. The van der Waals surface area contributed by atoms with Crippen LogP contribution in [0, 0.1) is 0 Å². The van der Waals surface area contributed by atoms with Gasteiger partial charge in [-0.15, -0.1) is 0 Å². The highest BCUT2D eigenvalue weighted by Crippen LogP contribution is 2.29. The number of nitrogens with one attached hydrogen (secondary N) is 2. The van der Waals surface area contributed by atoms with Crippen LogP contribution in [-0.2, 0) is 12.7 Å². The zero-order valence-electron chi connectivity index (χ0n) is 17.4. The van der Waals surface area contributed by atoms with Crippen molar-refractivity contribution < 1.29 is 18.3 Å². The predicted molar refractivity (Wildman–Crippen MR) is 113 cm³/mol. The molecule has 6 nitrogen and oxygen atoms in total. The molecule has 1 saturated heterocycles. The van der Waals surface area contributed by atoms with E-state index in [0.29, 0.717) is 19.0 Å². The zero-order chi connectivity index (χ0) is 22.3. The summed E-state index contributed by atoms with van der Waals surface area (Å²) in [6.45, 7) is 5.10. The number of aromatic nitrogens is 1. The van der Waals surface area contributed by atoms with Crippen molar-refractivity contribution in [3.05, 3.63) is 65.5 Å². The Morgan fingerprint density at radius 2 is 1.94 bits per heavy atom. The van der Waals surface area contributed by atoms with Crippen LogP contribution in [0.15, 0.2) is 53.8 Å². The van der Waals surface area contributed by atoms with Crippen LogP contribution in [0.4, 0.5) is 13.2 Å². The molecular weight excluding hydrogens is 407 g/mol. The molecule has 31 heavy (non-hydrogen) atoms. The van der Waals surface area contributed by atoms with Crippen LogP contribution in [0.25, 0.3) is 0 Å². The molecule has 1 fully saturated rings. The summed E-state index contributed by atoms with van der Waals surface area (Å²) in [6, 6.07) is 9.03. The minimum atomic E-state index is -4.31. The number of benzene rings is 1. The number of rotatable bonds is 7. The van der Waals surface area contributed by atoms with Gasteiger partial charge in [-0.25, -0.2) is 0 Å². The second kappa shape index (κ2) is 10.6. The highest BCUT2D eigenvalue weighted by atomic mass is 19.4.